The van der Waals surface area contributed by atoms with Crippen LogP contribution in [-0.4, -0.2) is 11.4 Å². The normalized spacial score (nSPS) is 31.6. The summed E-state index contributed by atoms with van der Waals surface area (Å²) in [5.74, 6) is 0.768. The largest absolute Gasteiger partial charge is 0.160 e. The van der Waals surface area contributed by atoms with E-state index in [0.29, 0.717) is 5.41 Å². The standard InChI is InChI=1S/C15H26N2/c1-12-9-14(11-15(2,3)10-12)17-16-13-7-5-4-6-8-13/h12H,4-11H2,1-3H3. The van der Waals surface area contributed by atoms with Crippen molar-refractivity contribution in [1.82, 2.24) is 0 Å². The molecule has 2 aliphatic rings. The van der Waals surface area contributed by atoms with E-state index in [0.717, 1.165) is 18.8 Å². The van der Waals surface area contributed by atoms with E-state index in [9.17, 15) is 0 Å². The highest BCUT2D eigenvalue weighted by molar-refractivity contribution is 5.89. The number of rotatable bonds is 1. The molecular weight excluding hydrogens is 208 g/mol. The lowest BCUT2D eigenvalue weighted by molar-refractivity contribution is 0.265. The van der Waals surface area contributed by atoms with Crippen LogP contribution >= 0.6 is 0 Å². The molecule has 0 aromatic carbocycles. The van der Waals surface area contributed by atoms with Crippen molar-refractivity contribution >= 4 is 11.4 Å². The Balaban J connectivity index is 2.00. The fraction of sp³-hybridized carbons (Fsp3) is 0.867. The van der Waals surface area contributed by atoms with Gasteiger partial charge < -0.3 is 0 Å². The summed E-state index contributed by atoms with van der Waals surface area (Å²) < 4.78 is 0. The van der Waals surface area contributed by atoms with Crippen molar-refractivity contribution in [2.45, 2.75) is 72.1 Å². The third kappa shape index (κ3) is 3.93. The van der Waals surface area contributed by atoms with E-state index in [4.69, 9.17) is 0 Å². The van der Waals surface area contributed by atoms with Gasteiger partial charge in [-0.2, -0.15) is 10.2 Å². The Morgan fingerprint density at radius 2 is 1.65 bits per heavy atom. The maximum absolute atomic E-state index is 4.56. The van der Waals surface area contributed by atoms with Crippen LogP contribution in [0.5, 0.6) is 0 Å². The van der Waals surface area contributed by atoms with E-state index in [1.807, 2.05) is 0 Å². The minimum absolute atomic E-state index is 0.420. The smallest absolute Gasteiger partial charge is 0.0413 e. The summed E-state index contributed by atoms with van der Waals surface area (Å²) >= 11 is 0. The van der Waals surface area contributed by atoms with E-state index < -0.39 is 0 Å². The topological polar surface area (TPSA) is 24.7 Å². The minimum atomic E-state index is 0.420. The SMILES string of the molecule is CC1CC(=NN=C2CCCCC2)CC(C)(C)C1. The van der Waals surface area contributed by atoms with Crippen molar-refractivity contribution in [3.63, 3.8) is 0 Å². The Labute approximate surface area is 106 Å². The van der Waals surface area contributed by atoms with Crippen molar-refractivity contribution in [1.29, 1.82) is 0 Å². The van der Waals surface area contributed by atoms with Gasteiger partial charge in [-0.1, -0.05) is 27.2 Å². The fourth-order valence-electron chi connectivity index (χ4n) is 3.39. The number of hydrogen-bond donors (Lipinski definition) is 0. The molecule has 0 aliphatic heterocycles. The van der Waals surface area contributed by atoms with Crippen LogP contribution in [0.1, 0.15) is 72.1 Å². The molecular formula is C15H26N2. The summed E-state index contributed by atoms with van der Waals surface area (Å²) in [6.45, 7) is 7.04. The fourth-order valence-corrected chi connectivity index (χ4v) is 3.39. The maximum atomic E-state index is 4.56. The molecule has 2 rings (SSSR count). The quantitative estimate of drug-likeness (QED) is 0.593. The van der Waals surface area contributed by atoms with Crippen molar-refractivity contribution in [2.75, 3.05) is 0 Å². The Morgan fingerprint density at radius 3 is 2.29 bits per heavy atom. The van der Waals surface area contributed by atoms with Gasteiger partial charge in [0.2, 0.25) is 0 Å². The Kier molecular flexibility index (Phi) is 4.01. The van der Waals surface area contributed by atoms with Crippen LogP contribution < -0.4 is 0 Å². The Hall–Kier alpha value is -0.660. The second-order valence-electron chi connectivity index (χ2n) is 6.75. The molecule has 0 heterocycles. The van der Waals surface area contributed by atoms with Crippen LogP contribution in [0.3, 0.4) is 0 Å². The second kappa shape index (κ2) is 5.32. The minimum Gasteiger partial charge on any atom is -0.160 e. The highest BCUT2D eigenvalue weighted by Crippen LogP contribution is 2.37. The molecule has 1 atom stereocenters. The summed E-state index contributed by atoms with van der Waals surface area (Å²) in [7, 11) is 0. The lowest BCUT2D eigenvalue weighted by Gasteiger charge is -2.34. The van der Waals surface area contributed by atoms with E-state index in [-0.39, 0.29) is 0 Å². The van der Waals surface area contributed by atoms with E-state index in [1.165, 1.54) is 49.9 Å². The van der Waals surface area contributed by atoms with Gasteiger partial charge in [0.15, 0.2) is 0 Å². The number of nitrogens with zero attached hydrogens (tertiary/aromatic N) is 2. The molecule has 17 heavy (non-hydrogen) atoms. The van der Waals surface area contributed by atoms with E-state index in [1.54, 1.807) is 0 Å². The molecule has 2 saturated carbocycles. The summed E-state index contributed by atoms with van der Waals surface area (Å²) in [5.41, 5.74) is 3.08. The van der Waals surface area contributed by atoms with Crippen LogP contribution in [0.15, 0.2) is 10.2 Å². The van der Waals surface area contributed by atoms with Gasteiger partial charge in [0, 0.05) is 11.4 Å². The monoisotopic (exact) mass is 234 g/mol. The lowest BCUT2D eigenvalue weighted by Crippen LogP contribution is -2.27. The summed E-state index contributed by atoms with van der Waals surface area (Å²) in [5, 5.41) is 9.07. The van der Waals surface area contributed by atoms with E-state index in [2.05, 4.69) is 31.0 Å². The first-order chi connectivity index (χ1) is 8.05. The van der Waals surface area contributed by atoms with Crippen LogP contribution in [0.4, 0.5) is 0 Å². The van der Waals surface area contributed by atoms with Gasteiger partial charge in [0.25, 0.3) is 0 Å². The van der Waals surface area contributed by atoms with Gasteiger partial charge in [0.1, 0.15) is 0 Å². The van der Waals surface area contributed by atoms with Crippen LogP contribution in [0.25, 0.3) is 0 Å². The highest BCUT2D eigenvalue weighted by Gasteiger charge is 2.29. The van der Waals surface area contributed by atoms with Crippen molar-refractivity contribution in [3.8, 4) is 0 Å². The average molecular weight is 234 g/mol. The second-order valence-corrected chi connectivity index (χ2v) is 6.75. The molecule has 0 aromatic heterocycles. The van der Waals surface area contributed by atoms with Crippen molar-refractivity contribution in [2.24, 2.45) is 21.5 Å². The van der Waals surface area contributed by atoms with Gasteiger partial charge in [-0.3, -0.25) is 0 Å². The van der Waals surface area contributed by atoms with Crippen molar-refractivity contribution < 1.29 is 0 Å². The molecule has 2 heteroatoms. The molecule has 0 aromatic rings. The zero-order valence-electron chi connectivity index (χ0n) is 11.6. The van der Waals surface area contributed by atoms with Crippen LogP contribution in [0.2, 0.25) is 0 Å². The van der Waals surface area contributed by atoms with Crippen LogP contribution in [-0.2, 0) is 0 Å². The van der Waals surface area contributed by atoms with Crippen LogP contribution in [0, 0.1) is 11.3 Å². The summed E-state index contributed by atoms with van der Waals surface area (Å²) in [4.78, 5) is 0. The van der Waals surface area contributed by atoms with Gasteiger partial charge in [-0.05, 0) is 56.3 Å². The number of hydrogen-bond acceptors (Lipinski definition) is 2. The Morgan fingerprint density at radius 1 is 1.00 bits per heavy atom. The van der Waals surface area contributed by atoms with E-state index >= 15 is 0 Å². The van der Waals surface area contributed by atoms with Gasteiger partial charge >= 0.3 is 0 Å². The zero-order valence-corrected chi connectivity index (χ0v) is 11.6. The highest BCUT2D eigenvalue weighted by atomic mass is 15.2. The molecule has 0 spiro atoms. The predicted octanol–water partition coefficient (Wildman–Crippen LogP) is 4.59. The van der Waals surface area contributed by atoms with Gasteiger partial charge in [0.05, 0.1) is 0 Å². The maximum Gasteiger partial charge on any atom is 0.0413 e. The summed E-state index contributed by atoms with van der Waals surface area (Å²) in [6, 6.07) is 0. The third-order valence-corrected chi connectivity index (χ3v) is 3.93. The predicted molar refractivity (Wildman–Crippen MR) is 74.8 cm³/mol. The van der Waals surface area contributed by atoms with Gasteiger partial charge in [-0.25, -0.2) is 0 Å². The molecule has 0 bridgehead atoms. The summed E-state index contributed by atoms with van der Waals surface area (Å²) in [6.07, 6.45) is 9.96. The van der Waals surface area contributed by atoms with Gasteiger partial charge in [-0.15, -0.1) is 0 Å². The average Bonchev–Trinajstić information content (AvgIpc) is 2.25. The van der Waals surface area contributed by atoms with Crippen molar-refractivity contribution in [3.05, 3.63) is 0 Å². The molecule has 1 unspecified atom stereocenters. The molecule has 0 N–H and O–H groups in total. The molecule has 2 aliphatic carbocycles. The molecule has 2 fully saturated rings. The third-order valence-electron chi connectivity index (χ3n) is 3.93. The molecule has 96 valence electrons. The molecule has 0 amide bonds. The first kappa shape index (κ1) is 12.8. The first-order valence-electron chi connectivity index (χ1n) is 7.16. The zero-order chi connectivity index (χ0) is 12.3. The first-order valence-corrected chi connectivity index (χ1v) is 7.16. The molecule has 0 radical (unpaired) electrons. The lowest BCUT2D eigenvalue weighted by atomic mass is 9.72. The molecule has 2 nitrogen and oxygen atoms in total. The molecule has 0 saturated heterocycles. The Bertz CT molecular complexity index is 318.